The van der Waals surface area contributed by atoms with Gasteiger partial charge in [0.2, 0.25) is 0 Å². The average molecular weight is 184 g/mol. The average Bonchev–Trinajstić information content (AvgIpc) is 2.17. The van der Waals surface area contributed by atoms with Gasteiger partial charge in [0.05, 0.1) is 0 Å². The van der Waals surface area contributed by atoms with Gasteiger partial charge in [0.25, 0.3) is 0 Å². The molecular formula is C11H20O2. The maximum absolute atomic E-state index is 11.5. The lowest BCUT2D eigenvalue weighted by molar-refractivity contribution is -0.125. The Morgan fingerprint density at radius 2 is 2.31 bits per heavy atom. The van der Waals surface area contributed by atoms with E-state index in [2.05, 4.69) is 6.92 Å². The first-order valence-corrected chi connectivity index (χ1v) is 5.41. The van der Waals surface area contributed by atoms with Crippen molar-refractivity contribution < 1.29 is 9.90 Å². The van der Waals surface area contributed by atoms with E-state index >= 15 is 0 Å². The van der Waals surface area contributed by atoms with E-state index in [1.54, 1.807) is 0 Å². The summed E-state index contributed by atoms with van der Waals surface area (Å²) in [5.74, 6) is 1.44. The SMILES string of the molecule is CCC1CCC(=O)C(CCCO)C1. The molecule has 76 valence electrons. The number of aliphatic hydroxyl groups is 1. The van der Waals surface area contributed by atoms with Crippen LogP contribution in [0.5, 0.6) is 0 Å². The zero-order valence-corrected chi connectivity index (χ0v) is 8.46. The molecule has 0 saturated heterocycles. The molecular weight excluding hydrogens is 164 g/mol. The van der Waals surface area contributed by atoms with Crippen LogP contribution < -0.4 is 0 Å². The van der Waals surface area contributed by atoms with Gasteiger partial charge in [-0.3, -0.25) is 4.79 Å². The standard InChI is InChI=1S/C11H20O2/c1-2-9-5-6-11(13)10(8-9)4-3-7-12/h9-10,12H,2-8H2,1H3. The van der Waals surface area contributed by atoms with Gasteiger partial charge in [0.1, 0.15) is 5.78 Å². The van der Waals surface area contributed by atoms with E-state index < -0.39 is 0 Å². The predicted octanol–water partition coefficient (Wildman–Crippen LogP) is 2.15. The van der Waals surface area contributed by atoms with Gasteiger partial charge in [-0.2, -0.15) is 0 Å². The van der Waals surface area contributed by atoms with E-state index in [4.69, 9.17) is 5.11 Å². The summed E-state index contributed by atoms with van der Waals surface area (Å²) in [6, 6.07) is 0. The molecule has 0 bridgehead atoms. The number of aliphatic hydroxyl groups excluding tert-OH is 1. The Morgan fingerprint density at radius 1 is 1.54 bits per heavy atom. The van der Waals surface area contributed by atoms with Gasteiger partial charge in [0.15, 0.2) is 0 Å². The fourth-order valence-corrected chi connectivity index (χ4v) is 2.19. The lowest BCUT2D eigenvalue weighted by Gasteiger charge is -2.27. The molecule has 0 aromatic carbocycles. The van der Waals surface area contributed by atoms with Gasteiger partial charge < -0.3 is 5.11 Å². The summed E-state index contributed by atoms with van der Waals surface area (Å²) < 4.78 is 0. The molecule has 0 heterocycles. The van der Waals surface area contributed by atoms with E-state index in [-0.39, 0.29) is 12.5 Å². The van der Waals surface area contributed by atoms with Gasteiger partial charge >= 0.3 is 0 Å². The van der Waals surface area contributed by atoms with Gasteiger partial charge in [-0.25, -0.2) is 0 Å². The highest BCUT2D eigenvalue weighted by Gasteiger charge is 2.26. The van der Waals surface area contributed by atoms with Crippen LogP contribution in [-0.2, 0) is 4.79 Å². The lowest BCUT2D eigenvalue weighted by atomic mass is 9.77. The third kappa shape index (κ3) is 3.11. The molecule has 0 aliphatic heterocycles. The molecule has 2 unspecified atom stereocenters. The molecule has 2 heteroatoms. The normalized spacial score (nSPS) is 29.2. The Kier molecular flexibility index (Phi) is 4.43. The maximum Gasteiger partial charge on any atom is 0.135 e. The van der Waals surface area contributed by atoms with Gasteiger partial charge in [-0.1, -0.05) is 13.3 Å². The van der Waals surface area contributed by atoms with Crippen LogP contribution in [0.2, 0.25) is 0 Å². The second-order valence-electron chi connectivity index (χ2n) is 4.08. The third-order valence-electron chi connectivity index (χ3n) is 3.16. The molecule has 13 heavy (non-hydrogen) atoms. The highest BCUT2D eigenvalue weighted by Crippen LogP contribution is 2.30. The van der Waals surface area contributed by atoms with Gasteiger partial charge in [-0.15, -0.1) is 0 Å². The van der Waals surface area contributed by atoms with Crippen molar-refractivity contribution in [2.75, 3.05) is 6.61 Å². The van der Waals surface area contributed by atoms with Crippen LogP contribution in [0.1, 0.15) is 45.4 Å². The number of hydrogen-bond donors (Lipinski definition) is 1. The third-order valence-corrected chi connectivity index (χ3v) is 3.16. The minimum absolute atomic E-state index is 0.223. The number of hydrogen-bond acceptors (Lipinski definition) is 2. The fourth-order valence-electron chi connectivity index (χ4n) is 2.19. The molecule has 1 N–H and O–H groups in total. The number of Topliss-reactive ketones (excluding diaryl/α,β-unsaturated/α-hetero) is 1. The number of carbonyl (C=O) groups is 1. The Bertz CT molecular complexity index is 165. The van der Waals surface area contributed by atoms with Gasteiger partial charge in [0, 0.05) is 18.9 Å². The molecule has 1 aliphatic carbocycles. The van der Waals surface area contributed by atoms with Crippen molar-refractivity contribution in [3.05, 3.63) is 0 Å². The molecule has 2 nitrogen and oxygen atoms in total. The van der Waals surface area contributed by atoms with Crippen LogP contribution >= 0.6 is 0 Å². The summed E-state index contributed by atoms with van der Waals surface area (Å²) in [5.41, 5.74) is 0. The number of carbonyl (C=O) groups excluding carboxylic acids is 1. The van der Waals surface area contributed by atoms with E-state index in [0.717, 1.165) is 38.0 Å². The van der Waals surface area contributed by atoms with Crippen molar-refractivity contribution in [2.24, 2.45) is 11.8 Å². The van der Waals surface area contributed by atoms with E-state index in [0.29, 0.717) is 5.78 Å². The van der Waals surface area contributed by atoms with E-state index in [1.165, 1.54) is 6.42 Å². The molecule has 0 amide bonds. The van der Waals surface area contributed by atoms with Crippen molar-refractivity contribution in [3.63, 3.8) is 0 Å². The Balaban J connectivity index is 2.36. The summed E-state index contributed by atoms with van der Waals surface area (Å²) in [4.78, 5) is 11.5. The number of rotatable bonds is 4. The molecule has 0 spiro atoms. The smallest absolute Gasteiger partial charge is 0.135 e. The summed E-state index contributed by atoms with van der Waals surface area (Å²) >= 11 is 0. The second-order valence-corrected chi connectivity index (χ2v) is 4.08. The molecule has 1 saturated carbocycles. The zero-order valence-electron chi connectivity index (χ0n) is 8.46. The largest absolute Gasteiger partial charge is 0.396 e. The molecule has 0 aromatic rings. The minimum Gasteiger partial charge on any atom is -0.396 e. The highest BCUT2D eigenvalue weighted by molar-refractivity contribution is 5.81. The molecule has 1 fully saturated rings. The zero-order chi connectivity index (χ0) is 9.68. The first-order valence-electron chi connectivity index (χ1n) is 5.41. The topological polar surface area (TPSA) is 37.3 Å². The van der Waals surface area contributed by atoms with E-state index in [9.17, 15) is 4.79 Å². The number of ketones is 1. The fraction of sp³-hybridized carbons (Fsp3) is 0.909. The molecule has 0 aromatic heterocycles. The van der Waals surface area contributed by atoms with Crippen LogP contribution in [0.3, 0.4) is 0 Å². The first-order chi connectivity index (χ1) is 6.27. The summed E-state index contributed by atoms with van der Waals surface area (Å²) in [7, 11) is 0. The quantitative estimate of drug-likeness (QED) is 0.727. The first kappa shape index (κ1) is 10.7. The predicted molar refractivity (Wildman–Crippen MR) is 52.4 cm³/mol. The highest BCUT2D eigenvalue weighted by atomic mass is 16.2. The van der Waals surface area contributed by atoms with Gasteiger partial charge in [-0.05, 0) is 31.6 Å². The molecule has 1 aliphatic rings. The van der Waals surface area contributed by atoms with E-state index in [1.807, 2.05) is 0 Å². The van der Waals surface area contributed by atoms with Crippen LogP contribution in [-0.4, -0.2) is 17.5 Å². The maximum atomic E-state index is 11.5. The monoisotopic (exact) mass is 184 g/mol. The van der Waals surface area contributed by atoms with Crippen LogP contribution in [0.4, 0.5) is 0 Å². The van der Waals surface area contributed by atoms with Crippen molar-refractivity contribution >= 4 is 5.78 Å². The molecule has 0 radical (unpaired) electrons. The van der Waals surface area contributed by atoms with Crippen LogP contribution in [0, 0.1) is 11.8 Å². The van der Waals surface area contributed by atoms with Crippen molar-refractivity contribution in [2.45, 2.75) is 45.4 Å². The second kappa shape index (κ2) is 5.38. The Labute approximate surface area is 80.3 Å². The van der Waals surface area contributed by atoms with Crippen molar-refractivity contribution in [3.8, 4) is 0 Å². The minimum atomic E-state index is 0.223. The van der Waals surface area contributed by atoms with Crippen LogP contribution in [0.15, 0.2) is 0 Å². The summed E-state index contributed by atoms with van der Waals surface area (Å²) in [6.45, 7) is 2.42. The molecule has 2 atom stereocenters. The van der Waals surface area contributed by atoms with Crippen LogP contribution in [0.25, 0.3) is 0 Å². The Morgan fingerprint density at radius 3 is 2.92 bits per heavy atom. The summed E-state index contributed by atoms with van der Waals surface area (Å²) in [5, 5.41) is 8.69. The van der Waals surface area contributed by atoms with Crippen molar-refractivity contribution in [1.29, 1.82) is 0 Å². The molecule has 1 rings (SSSR count). The Hall–Kier alpha value is -0.370. The summed E-state index contributed by atoms with van der Waals surface area (Å²) in [6.07, 6.45) is 5.80. The lowest BCUT2D eigenvalue weighted by Crippen LogP contribution is -2.24. The van der Waals surface area contributed by atoms with Crippen molar-refractivity contribution in [1.82, 2.24) is 0 Å².